The van der Waals surface area contributed by atoms with Crippen LogP contribution in [0.15, 0.2) is 72.8 Å². The van der Waals surface area contributed by atoms with Crippen LogP contribution in [0.3, 0.4) is 0 Å². The molecule has 0 fully saturated rings. The first-order valence-corrected chi connectivity index (χ1v) is 18.5. The predicted molar refractivity (Wildman–Crippen MR) is 204 cm³/mol. The second kappa shape index (κ2) is 20.6. The molecule has 0 spiro atoms. The number of ether oxygens (including phenoxy) is 4. The molecule has 7 heteroatoms. The van der Waals surface area contributed by atoms with Gasteiger partial charge in [0, 0.05) is 29.9 Å². The van der Waals surface area contributed by atoms with E-state index in [2.05, 4.69) is 91.5 Å². The minimum absolute atomic E-state index is 0.0657. The van der Waals surface area contributed by atoms with Crippen molar-refractivity contribution >= 4 is 29.0 Å². The van der Waals surface area contributed by atoms with Crippen molar-refractivity contribution in [1.29, 1.82) is 0 Å². The van der Waals surface area contributed by atoms with Gasteiger partial charge in [-0.15, -0.1) is 0 Å². The molecule has 2 atom stereocenters. The Morgan fingerprint density at radius 3 is 1.18 bits per heavy atom. The first kappa shape index (κ1) is 40.4. The molecule has 0 aliphatic heterocycles. The molecule has 0 aliphatic carbocycles. The Morgan fingerprint density at radius 2 is 0.860 bits per heavy atom. The molecule has 2 unspecified atom stereocenters. The molecule has 0 saturated carbocycles. The third kappa shape index (κ3) is 13.4. The lowest BCUT2D eigenvalue weighted by Crippen LogP contribution is -2.25. The second-order valence-corrected chi connectivity index (χ2v) is 14.9. The van der Waals surface area contributed by atoms with Crippen LogP contribution in [0.4, 0.5) is 17.1 Å². The SMILES string of the molecule is Cc1ccc(N(c2ccc(OCCCOC(=O)C(CC(C)C)C(C)C)cc2)c2ccc(OCCCOC(=O)C(CC(C)C)C(C)C)cc2)cc1. The first-order valence-electron chi connectivity index (χ1n) is 18.5. The highest BCUT2D eigenvalue weighted by Gasteiger charge is 2.25. The van der Waals surface area contributed by atoms with Crippen molar-refractivity contribution < 1.29 is 28.5 Å². The predicted octanol–water partition coefficient (Wildman–Crippen LogP) is 10.7. The van der Waals surface area contributed by atoms with Crippen molar-refractivity contribution in [1.82, 2.24) is 0 Å². The lowest BCUT2D eigenvalue weighted by molar-refractivity contribution is -0.152. The largest absolute Gasteiger partial charge is 0.493 e. The number of hydrogen-bond acceptors (Lipinski definition) is 7. The van der Waals surface area contributed by atoms with Crippen molar-refractivity contribution in [2.24, 2.45) is 35.5 Å². The molecule has 0 saturated heterocycles. The molecule has 3 aromatic carbocycles. The lowest BCUT2D eigenvalue weighted by Gasteiger charge is -2.26. The average molecular weight is 688 g/mol. The summed E-state index contributed by atoms with van der Waals surface area (Å²) >= 11 is 0. The highest BCUT2D eigenvalue weighted by Crippen LogP contribution is 2.36. The maximum absolute atomic E-state index is 12.6. The van der Waals surface area contributed by atoms with E-state index in [1.165, 1.54) is 5.56 Å². The summed E-state index contributed by atoms with van der Waals surface area (Å²) in [6.45, 7) is 20.6. The van der Waals surface area contributed by atoms with Crippen LogP contribution >= 0.6 is 0 Å². The van der Waals surface area contributed by atoms with E-state index in [0.717, 1.165) is 41.4 Å². The minimum atomic E-state index is -0.108. The van der Waals surface area contributed by atoms with Gasteiger partial charge >= 0.3 is 11.9 Å². The Balaban J connectivity index is 1.55. The van der Waals surface area contributed by atoms with E-state index in [1.807, 2.05) is 48.5 Å². The Bertz CT molecular complexity index is 1330. The fourth-order valence-electron chi connectivity index (χ4n) is 5.88. The molecule has 50 heavy (non-hydrogen) atoms. The number of carbonyl (C=O) groups excluding carboxylic acids is 2. The number of esters is 2. The lowest BCUT2D eigenvalue weighted by atomic mass is 9.88. The molecule has 274 valence electrons. The van der Waals surface area contributed by atoms with Gasteiger partial charge in [-0.1, -0.05) is 73.1 Å². The van der Waals surface area contributed by atoms with E-state index < -0.39 is 0 Å². The first-order chi connectivity index (χ1) is 23.8. The molecule has 0 aliphatic rings. The summed E-state index contributed by atoms with van der Waals surface area (Å²) in [5, 5.41) is 0. The highest BCUT2D eigenvalue weighted by molar-refractivity contribution is 5.77. The number of nitrogens with zero attached hydrogens (tertiary/aromatic N) is 1. The zero-order valence-corrected chi connectivity index (χ0v) is 31.9. The average Bonchev–Trinajstić information content (AvgIpc) is 3.07. The molecule has 0 bridgehead atoms. The topological polar surface area (TPSA) is 74.3 Å². The molecule has 0 amide bonds. The molecule has 0 N–H and O–H groups in total. The monoisotopic (exact) mass is 687 g/mol. The van der Waals surface area contributed by atoms with Crippen LogP contribution in [0.5, 0.6) is 11.5 Å². The molecule has 0 aromatic heterocycles. The van der Waals surface area contributed by atoms with Gasteiger partial charge in [-0.25, -0.2) is 0 Å². The summed E-state index contributed by atoms with van der Waals surface area (Å²) in [5.74, 6) is 2.61. The molecular weight excluding hydrogens is 626 g/mol. The summed E-state index contributed by atoms with van der Waals surface area (Å²) < 4.78 is 23.1. The van der Waals surface area contributed by atoms with Gasteiger partial charge < -0.3 is 23.8 Å². The van der Waals surface area contributed by atoms with Gasteiger partial charge in [0.15, 0.2) is 0 Å². The van der Waals surface area contributed by atoms with Crippen LogP contribution in [-0.2, 0) is 19.1 Å². The van der Waals surface area contributed by atoms with Crippen LogP contribution in [0.25, 0.3) is 0 Å². The summed E-state index contributed by atoms with van der Waals surface area (Å²) in [4.78, 5) is 27.4. The number of anilines is 3. The standard InChI is InChI=1S/C43H61NO6/c1-30(2)28-40(32(5)6)42(45)49-26-10-24-47-38-20-16-36(17-21-38)44(35-14-12-34(9)13-15-35)37-18-22-39(23-19-37)48-25-11-27-50-43(46)41(33(7)8)29-31(3)4/h12-23,30-33,40-41H,10-11,24-29H2,1-9H3. The number of benzene rings is 3. The second-order valence-electron chi connectivity index (χ2n) is 14.9. The summed E-state index contributed by atoms with van der Waals surface area (Å²) in [7, 11) is 0. The van der Waals surface area contributed by atoms with E-state index in [-0.39, 0.29) is 35.6 Å². The fourth-order valence-corrected chi connectivity index (χ4v) is 5.88. The van der Waals surface area contributed by atoms with Crippen molar-refractivity contribution in [3.05, 3.63) is 78.4 Å². The fraction of sp³-hybridized carbons (Fsp3) is 0.535. The van der Waals surface area contributed by atoms with Crippen LogP contribution in [0.1, 0.15) is 86.6 Å². The van der Waals surface area contributed by atoms with Crippen molar-refractivity contribution in [2.45, 2.75) is 88.0 Å². The van der Waals surface area contributed by atoms with Gasteiger partial charge in [0.25, 0.3) is 0 Å². The number of hydrogen-bond donors (Lipinski definition) is 0. The van der Waals surface area contributed by atoms with E-state index in [1.54, 1.807) is 0 Å². The van der Waals surface area contributed by atoms with E-state index >= 15 is 0 Å². The third-order valence-electron chi connectivity index (χ3n) is 8.75. The Labute approximate surface area is 301 Å². The molecule has 0 heterocycles. The Morgan fingerprint density at radius 1 is 0.520 bits per heavy atom. The molecule has 3 aromatic rings. The summed E-state index contributed by atoms with van der Waals surface area (Å²) in [6, 6.07) is 24.5. The number of rotatable bonds is 21. The highest BCUT2D eigenvalue weighted by atomic mass is 16.5. The van der Waals surface area contributed by atoms with Crippen molar-refractivity contribution in [3.8, 4) is 11.5 Å². The third-order valence-corrected chi connectivity index (χ3v) is 8.75. The van der Waals surface area contributed by atoms with Crippen LogP contribution in [-0.4, -0.2) is 38.4 Å². The van der Waals surface area contributed by atoms with Gasteiger partial charge in [-0.3, -0.25) is 9.59 Å². The molecule has 7 nitrogen and oxygen atoms in total. The summed E-state index contributed by atoms with van der Waals surface area (Å²) in [6.07, 6.45) is 2.95. The van der Waals surface area contributed by atoms with Gasteiger partial charge in [0.2, 0.25) is 0 Å². The normalized spacial score (nSPS) is 12.7. The van der Waals surface area contributed by atoms with Gasteiger partial charge in [0.1, 0.15) is 11.5 Å². The Hall–Kier alpha value is -4.00. The maximum Gasteiger partial charge on any atom is 0.309 e. The summed E-state index contributed by atoms with van der Waals surface area (Å²) in [5.41, 5.74) is 4.22. The van der Waals surface area contributed by atoms with Gasteiger partial charge in [-0.2, -0.15) is 0 Å². The zero-order valence-electron chi connectivity index (χ0n) is 31.9. The quantitative estimate of drug-likeness (QED) is 0.0815. The minimum Gasteiger partial charge on any atom is -0.493 e. The zero-order chi connectivity index (χ0) is 36.6. The number of aryl methyl sites for hydroxylation is 1. The van der Waals surface area contributed by atoms with Crippen molar-refractivity contribution in [2.75, 3.05) is 31.3 Å². The smallest absolute Gasteiger partial charge is 0.309 e. The molecule has 0 radical (unpaired) electrons. The van der Waals surface area contributed by atoms with Gasteiger partial charge in [-0.05, 0) is 104 Å². The molecular formula is C43H61NO6. The maximum atomic E-state index is 12.6. The molecule has 3 rings (SSSR count). The van der Waals surface area contributed by atoms with Crippen LogP contribution < -0.4 is 14.4 Å². The number of carbonyl (C=O) groups is 2. The van der Waals surface area contributed by atoms with Crippen LogP contribution in [0.2, 0.25) is 0 Å². The van der Waals surface area contributed by atoms with E-state index in [4.69, 9.17) is 18.9 Å². The van der Waals surface area contributed by atoms with Crippen LogP contribution in [0, 0.1) is 42.4 Å². The van der Waals surface area contributed by atoms with Crippen molar-refractivity contribution in [3.63, 3.8) is 0 Å². The van der Waals surface area contributed by atoms with E-state index in [0.29, 0.717) is 51.1 Å². The Kier molecular flexibility index (Phi) is 16.7. The van der Waals surface area contributed by atoms with Gasteiger partial charge in [0.05, 0.1) is 38.3 Å². The van der Waals surface area contributed by atoms with E-state index in [9.17, 15) is 9.59 Å².